The van der Waals surface area contributed by atoms with E-state index in [4.69, 9.17) is 0 Å². The van der Waals surface area contributed by atoms with Crippen molar-refractivity contribution in [3.63, 3.8) is 0 Å². The maximum absolute atomic E-state index is 11.2. The monoisotopic (exact) mass is 333 g/mol. The summed E-state index contributed by atoms with van der Waals surface area (Å²) in [6.07, 6.45) is 0.833. The van der Waals surface area contributed by atoms with Crippen LogP contribution in [0.2, 0.25) is 0 Å². The molecule has 1 aromatic rings. The van der Waals surface area contributed by atoms with E-state index in [0.717, 1.165) is 13.1 Å². The topological polar surface area (TPSA) is 76.0 Å². The van der Waals surface area contributed by atoms with Crippen LogP contribution in [0.4, 0.5) is 5.69 Å². The Hall–Kier alpha value is -1.63. The molecule has 0 aromatic heterocycles. The third-order valence-electron chi connectivity index (χ3n) is 5.05. The van der Waals surface area contributed by atoms with Gasteiger partial charge in [-0.25, -0.2) is 0 Å². The Kier molecular flexibility index (Phi) is 5.38. The van der Waals surface area contributed by atoms with Crippen LogP contribution in [0.1, 0.15) is 25.3 Å². The van der Waals surface area contributed by atoms with Crippen molar-refractivity contribution in [1.82, 2.24) is 10.2 Å². The average molecular weight is 333 g/mol. The van der Waals surface area contributed by atoms with E-state index in [1.807, 2.05) is 6.07 Å². The first kappa shape index (κ1) is 17.2. The molecule has 2 heterocycles. The van der Waals surface area contributed by atoms with Crippen LogP contribution in [0.5, 0.6) is 0 Å². The number of benzene rings is 1. The highest BCUT2D eigenvalue weighted by atomic mass is 16.3. The molecule has 132 valence electrons. The molecule has 0 radical (unpaired) electrons. The van der Waals surface area contributed by atoms with Crippen LogP contribution in [-0.2, 0) is 11.3 Å². The first-order valence-electron chi connectivity index (χ1n) is 8.73. The SMILES string of the molecule is CC(=O)NC[C@H]1[C@@H](O)[C@@H](O)CN1Cc1ccccc1N1CCCC1. The third kappa shape index (κ3) is 3.71. The molecule has 3 rings (SSSR count). The van der Waals surface area contributed by atoms with E-state index in [-0.39, 0.29) is 11.9 Å². The number of hydrogen-bond acceptors (Lipinski definition) is 5. The Morgan fingerprint density at radius 3 is 2.67 bits per heavy atom. The van der Waals surface area contributed by atoms with Gasteiger partial charge in [-0.1, -0.05) is 18.2 Å². The van der Waals surface area contributed by atoms with Gasteiger partial charge in [-0.05, 0) is 24.5 Å². The smallest absolute Gasteiger partial charge is 0.216 e. The number of aliphatic hydroxyl groups excluding tert-OH is 2. The van der Waals surface area contributed by atoms with E-state index in [9.17, 15) is 15.0 Å². The summed E-state index contributed by atoms with van der Waals surface area (Å²) >= 11 is 0. The number of nitrogens with one attached hydrogen (secondary N) is 1. The first-order chi connectivity index (χ1) is 11.6. The molecule has 6 nitrogen and oxygen atoms in total. The number of anilines is 1. The van der Waals surface area contributed by atoms with Crippen molar-refractivity contribution in [1.29, 1.82) is 0 Å². The largest absolute Gasteiger partial charge is 0.389 e. The van der Waals surface area contributed by atoms with Gasteiger partial charge in [0, 0.05) is 45.3 Å². The second kappa shape index (κ2) is 7.51. The molecule has 24 heavy (non-hydrogen) atoms. The molecule has 0 unspecified atom stereocenters. The maximum Gasteiger partial charge on any atom is 0.216 e. The third-order valence-corrected chi connectivity index (χ3v) is 5.05. The van der Waals surface area contributed by atoms with Crippen LogP contribution in [0.15, 0.2) is 24.3 Å². The van der Waals surface area contributed by atoms with Gasteiger partial charge in [-0.2, -0.15) is 0 Å². The zero-order chi connectivity index (χ0) is 17.1. The minimum atomic E-state index is -0.837. The number of para-hydroxylation sites is 1. The highest BCUT2D eigenvalue weighted by Crippen LogP contribution is 2.28. The molecule has 0 saturated carbocycles. The lowest BCUT2D eigenvalue weighted by molar-refractivity contribution is -0.119. The second-order valence-corrected chi connectivity index (χ2v) is 6.81. The van der Waals surface area contributed by atoms with Crippen molar-refractivity contribution in [3.05, 3.63) is 29.8 Å². The summed E-state index contributed by atoms with van der Waals surface area (Å²) in [5.74, 6) is -0.124. The summed E-state index contributed by atoms with van der Waals surface area (Å²) in [6.45, 7) is 5.05. The number of nitrogens with zero attached hydrogens (tertiary/aromatic N) is 2. The van der Waals surface area contributed by atoms with E-state index in [1.165, 1.54) is 31.0 Å². The lowest BCUT2D eigenvalue weighted by Crippen LogP contribution is -2.44. The molecule has 0 bridgehead atoms. The number of carbonyl (C=O) groups excluding carboxylic acids is 1. The first-order valence-corrected chi connectivity index (χ1v) is 8.73. The molecule has 2 fully saturated rings. The molecular weight excluding hydrogens is 306 g/mol. The van der Waals surface area contributed by atoms with Crippen LogP contribution in [0.3, 0.4) is 0 Å². The lowest BCUT2D eigenvalue weighted by atomic mass is 10.1. The predicted octanol–water partition coefficient (Wildman–Crippen LogP) is 0.329. The number of hydrogen-bond donors (Lipinski definition) is 3. The Morgan fingerprint density at radius 2 is 1.96 bits per heavy atom. The van der Waals surface area contributed by atoms with Gasteiger partial charge in [0.05, 0.1) is 18.2 Å². The molecule has 1 amide bonds. The van der Waals surface area contributed by atoms with Crippen molar-refractivity contribution in [3.8, 4) is 0 Å². The van der Waals surface area contributed by atoms with Gasteiger partial charge in [-0.3, -0.25) is 9.69 Å². The Labute approximate surface area is 143 Å². The van der Waals surface area contributed by atoms with E-state index >= 15 is 0 Å². The fourth-order valence-electron chi connectivity index (χ4n) is 3.77. The van der Waals surface area contributed by atoms with Crippen LogP contribution in [0.25, 0.3) is 0 Å². The predicted molar refractivity (Wildman–Crippen MR) is 92.8 cm³/mol. The van der Waals surface area contributed by atoms with E-state index in [0.29, 0.717) is 19.6 Å². The van der Waals surface area contributed by atoms with Crippen molar-refractivity contribution < 1.29 is 15.0 Å². The van der Waals surface area contributed by atoms with Crippen molar-refractivity contribution in [2.75, 3.05) is 31.1 Å². The second-order valence-electron chi connectivity index (χ2n) is 6.81. The lowest BCUT2D eigenvalue weighted by Gasteiger charge is -2.28. The summed E-state index contributed by atoms with van der Waals surface area (Å²) in [5, 5.41) is 23.1. The number of carbonyl (C=O) groups is 1. The molecule has 0 spiro atoms. The van der Waals surface area contributed by atoms with Gasteiger partial charge in [0.2, 0.25) is 5.91 Å². The summed E-state index contributed by atoms with van der Waals surface area (Å²) in [7, 11) is 0. The average Bonchev–Trinajstić information content (AvgIpc) is 3.16. The number of β-amino-alcohol motifs (C(OH)–C–C–N with tert-alkyl or cyclic N) is 1. The maximum atomic E-state index is 11.2. The van der Waals surface area contributed by atoms with Gasteiger partial charge >= 0.3 is 0 Å². The van der Waals surface area contributed by atoms with Crippen LogP contribution in [0, 0.1) is 0 Å². The number of aliphatic hydroxyl groups is 2. The zero-order valence-electron chi connectivity index (χ0n) is 14.2. The van der Waals surface area contributed by atoms with Crippen molar-refractivity contribution in [2.24, 2.45) is 0 Å². The van der Waals surface area contributed by atoms with E-state index in [1.54, 1.807) is 0 Å². The van der Waals surface area contributed by atoms with E-state index in [2.05, 4.69) is 33.3 Å². The van der Waals surface area contributed by atoms with Gasteiger partial charge in [-0.15, -0.1) is 0 Å². The highest BCUT2D eigenvalue weighted by molar-refractivity contribution is 5.72. The summed E-state index contributed by atoms with van der Waals surface area (Å²) in [5.41, 5.74) is 2.44. The fourth-order valence-corrected chi connectivity index (χ4v) is 3.77. The molecule has 1 aromatic carbocycles. The van der Waals surface area contributed by atoms with E-state index < -0.39 is 12.2 Å². The zero-order valence-corrected chi connectivity index (χ0v) is 14.2. The molecule has 2 aliphatic rings. The molecule has 2 aliphatic heterocycles. The minimum absolute atomic E-state index is 0.124. The quantitative estimate of drug-likeness (QED) is 0.724. The fraction of sp³-hybridized carbons (Fsp3) is 0.611. The molecule has 0 aliphatic carbocycles. The normalized spacial score (nSPS) is 27.6. The molecule has 3 atom stereocenters. The summed E-state index contributed by atoms with van der Waals surface area (Å²) in [6, 6.07) is 8.07. The Bertz CT molecular complexity index is 574. The van der Waals surface area contributed by atoms with Crippen LogP contribution in [-0.4, -0.2) is 65.4 Å². The van der Waals surface area contributed by atoms with Crippen LogP contribution < -0.4 is 10.2 Å². The molecule has 3 N–H and O–H groups in total. The minimum Gasteiger partial charge on any atom is -0.389 e. The van der Waals surface area contributed by atoms with Crippen molar-refractivity contribution in [2.45, 2.75) is 44.6 Å². The van der Waals surface area contributed by atoms with Gasteiger partial charge in [0.15, 0.2) is 0 Å². The highest BCUT2D eigenvalue weighted by Gasteiger charge is 2.39. The standard InChI is InChI=1S/C18H27N3O3/c1-13(22)19-10-16-18(24)17(23)12-21(16)11-14-6-2-3-7-15(14)20-8-4-5-9-20/h2-3,6-7,16-18,23-24H,4-5,8-12H2,1H3,(H,19,22)/t16-,17-,18+/m0/s1. The van der Waals surface area contributed by atoms with Crippen LogP contribution >= 0.6 is 0 Å². The Balaban J connectivity index is 1.75. The van der Waals surface area contributed by atoms with Crippen molar-refractivity contribution >= 4 is 11.6 Å². The number of amides is 1. The molecule has 6 heteroatoms. The van der Waals surface area contributed by atoms with Gasteiger partial charge in [0.25, 0.3) is 0 Å². The summed E-state index contributed by atoms with van der Waals surface area (Å²) in [4.78, 5) is 15.7. The van der Waals surface area contributed by atoms with Gasteiger partial charge < -0.3 is 20.4 Å². The number of likely N-dealkylation sites (tertiary alicyclic amines) is 1. The molecular formula is C18H27N3O3. The Morgan fingerprint density at radius 1 is 1.25 bits per heavy atom. The van der Waals surface area contributed by atoms with Gasteiger partial charge in [0.1, 0.15) is 0 Å². The molecule has 2 saturated heterocycles. The summed E-state index contributed by atoms with van der Waals surface area (Å²) < 4.78 is 0. The number of rotatable bonds is 5.